The van der Waals surface area contributed by atoms with Crippen LogP contribution in [0.15, 0.2) is 18.2 Å². The van der Waals surface area contributed by atoms with Crippen molar-refractivity contribution in [2.45, 2.75) is 20.4 Å². The van der Waals surface area contributed by atoms with Crippen LogP contribution < -0.4 is 10.2 Å². The maximum absolute atomic E-state index is 14.1. The van der Waals surface area contributed by atoms with Gasteiger partial charge < -0.3 is 15.1 Å². The van der Waals surface area contributed by atoms with E-state index in [0.717, 1.165) is 31.7 Å². The first-order chi connectivity index (χ1) is 9.40. The van der Waals surface area contributed by atoms with Crippen LogP contribution in [-0.2, 0) is 6.54 Å². The lowest BCUT2D eigenvalue weighted by molar-refractivity contribution is 0.416. The second-order valence-electron chi connectivity index (χ2n) is 6.04. The summed E-state index contributed by atoms with van der Waals surface area (Å²) in [6.45, 7) is 7.72. The lowest BCUT2D eigenvalue weighted by Crippen LogP contribution is -2.29. The van der Waals surface area contributed by atoms with Gasteiger partial charge in [0.2, 0.25) is 0 Å². The number of hydrogen-bond donors (Lipinski definition) is 1. The Hall–Kier alpha value is -1.13. The van der Waals surface area contributed by atoms with E-state index in [1.54, 1.807) is 6.07 Å². The van der Waals surface area contributed by atoms with Gasteiger partial charge in [-0.1, -0.05) is 19.9 Å². The van der Waals surface area contributed by atoms with Crippen LogP contribution in [0.3, 0.4) is 0 Å². The summed E-state index contributed by atoms with van der Waals surface area (Å²) >= 11 is 0. The van der Waals surface area contributed by atoms with Gasteiger partial charge in [-0.25, -0.2) is 4.39 Å². The number of nitrogens with one attached hydrogen (secondary N) is 1. The number of anilines is 1. The van der Waals surface area contributed by atoms with Crippen LogP contribution in [0.2, 0.25) is 0 Å². The molecule has 0 aliphatic carbocycles. The summed E-state index contributed by atoms with van der Waals surface area (Å²) in [4.78, 5) is 4.05. The van der Waals surface area contributed by atoms with Crippen LogP contribution in [0.5, 0.6) is 0 Å². The minimum absolute atomic E-state index is 0.143. The number of benzene rings is 1. The molecule has 20 heavy (non-hydrogen) atoms. The standard InChI is InChI=1S/C16H28FN3/c1-13(2)11-18-12-14-6-7-16(15(17)10-14)20(5)9-8-19(3)4/h6-7,10,13,18H,8-9,11-12H2,1-5H3. The van der Waals surface area contributed by atoms with E-state index in [0.29, 0.717) is 11.6 Å². The predicted molar refractivity (Wildman–Crippen MR) is 84.8 cm³/mol. The molecule has 0 amide bonds. The Morgan fingerprint density at radius 1 is 1.15 bits per heavy atom. The Morgan fingerprint density at radius 3 is 2.40 bits per heavy atom. The average Bonchev–Trinajstić information content (AvgIpc) is 2.35. The normalized spacial score (nSPS) is 11.4. The third kappa shape index (κ3) is 5.88. The summed E-state index contributed by atoms with van der Waals surface area (Å²) in [5, 5.41) is 3.33. The Labute approximate surface area is 122 Å². The highest BCUT2D eigenvalue weighted by atomic mass is 19.1. The number of hydrogen-bond acceptors (Lipinski definition) is 3. The molecule has 1 rings (SSSR count). The van der Waals surface area contributed by atoms with Crippen molar-refractivity contribution in [3.63, 3.8) is 0 Å². The second kappa shape index (κ2) is 8.22. The van der Waals surface area contributed by atoms with Crippen molar-refractivity contribution in [3.05, 3.63) is 29.6 Å². The van der Waals surface area contributed by atoms with Gasteiger partial charge in [0, 0.05) is 26.7 Å². The molecule has 0 atom stereocenters. The highest BCUT2D eigenvalue weighted by Crippen LogP contribution is 2.19. The van der Waals surface area contributed by atoms with Gasteiger partial charge in [0.25, 0.3) is 0 Å². The van der Waals surface area contributed by atoms with E-state index in [4.69, 9.17) is 0 Å². The van der Waals surface area contributed by atoms with Crippen molar-refractivity contribution in [2.24, 2.45) is 5.92 Å². The third-order valence-corrected chi connectivity index (χ3v) is 3.19. The minimum Gasteiger partial charge on any atom is -0.371 e. The Balaban J connectivity index is 2.58. The maximum atomic E-state index is 14.1. The summed E-state index contributed by atoms with van der Waals surface area (Å²) < 4.78 is 14.1. The van der Waals surface area contributed by atoms with Crippen LogP contribution in [0.25, 0.3) is 0 Å². The van der Waals surface area contributed by atoms with Gasteiger partial charge in [-0.2, -0.15) is 0 Å². The molecule has 0 spiro atoms. The molecule has 0 aromatic heterocycles. The molecule has 114 valence electrons. The van der Waals surface area contributed by atoms with Crippen LogP contribution in [-0.4, -0.2) is 45.7 Å². The van der Waals surface area contributed by atoms with Crippen molar-refractivity contribution >= 4 is 5.69 Å². The molecular weight excluding hydrogens is 253 g/mol. The average molecular weight is 281 g/mol. The molecule has 0 radical (unpaired) electrons. The fourth-order valence-corrected chi connectivity index (χ4v) is 1.95. The van der Waals surface area contributed by atoms with Crippen molar-refractivity contribution in [2.75, 3.05) is 45.7 Å². The number of likely N-dealkylation sites (N-methyl/N-ethyl adjacent to an activating group) is 2. The van der Waals surface area contributed by atoms with Gasteiger partial charge in [-0.3, -0.25) is 0 Å². The highest BCUT2D eigenvalue weighted by molar-refractivity contribution is 5.48. The first-order valence-corrected chi connectivity index (χ1v) is 7.25. The third-order valence-electron chi connectivity index (χ3n) is 3.19. The zero-order chi connectivity index (χ0) is 15.1. The van der Waals surface area contributed by atoms with Gasteiger partial charge in [0.05, 0.1) is 5.69 Å². The van der Waals surface area contributed by atoms with E-state index >= 15 is 0 Å². The Bertz CT molecular complexity index is 405. The molecule has 0 bridgehead atoms. The molecule has 0 saturated heterocycles. The number of nitrogens with zero attached hydrogens (tertiary/aromatic N) is 2. The quantitative estimate of drug-likeness (QED) is 0.790. The van der Waals surface area contributed by atoms with Crippen molar-refractivity contribution in [1.29, 1.82) is 0 Å². The molecule has 1 aromatic rings. The summed E-state index contributed by atoms with van der Waals surface area (Å²) in [5.41, 5.74) is 1.66. The fraction of sp³-hybridized carbons (Fsp3) is 0.625. The van der Waals surface area contributed by atoms with Gasteiger partial charge >= 0.3 is 0 Å². The smallest absolute Gasteiger partial charge is 0.146 e. The molecule has 0 heterocycles. The van der Waals surface area contributed by atoms with E-state index in [-0.39, 0.29) is 5.82 Å². The topological polar surface area (TPSA) is 18.5 Å². The summed E-state index contributed by atoms with van der Waals surface area (Å²) in [7, 11) is 5.97. The van der Waals surface area contributed by atoms with E-state index in [9.17, 15) is 4.39 Å². The zero-order valence-corrected chi connectivity index (χ0v) is 13.4. The van der Waals surface area contributed by atoms with Crippen LogP contribution in [0.1, 0.15) is 19.4 Å². The van der Waals surface area contributed by atoms with E-state index in [1.807, 2.05) is 38.2 Å². The van der Waals surface area contributed by atoms with Crippen LogP contribution >= 0.6 is 0 Å². The van der Waals surface area contributed by atoms with Gasteiger partial charge in [0.15, 0.2) is 0 Å². The molecule has 4 heteroatoms. The summed E-state index contributed by atoms with van der Waals surface area (Å²) in [6.07, 6.45) is 0. The monoisotopic (exact) mass is 281 g/mol. The summed E-state index contributed by atoms with van der Waals surface area (Å²) in [6, 6.07) is 5.50. The largest absolute Gasteiger partial charge is 0.371 e. The summed E-state index contributed by atoms with van der Waals surface area (Å²) in [5.74, 6) is 0.464. The molecule has 0 fully saturated rings. The molecule has 0 unspecified atom stereocenters. The number of rotatable bonds is 8. The van der Waals surface area contributed by atoms with Gasteiger partial charge in [0.1, 0.15) is 5.82 Å². The first kappa shape index (κ1) is 16.9. The lowest BCUT2D eigenvalue weighted by atomic mass is 10.1. The van der Waals surface area contributed by atoms with Gasteiger partial charge in [-0.05, 0) is 44.3 Å². The van der Waals surface area contributed by atoms with Gasteiger partial charge in [-0.15, -0.1) is 0 Å². The van der Waals surface area contributed by atoms with Crippen LogP contribution in [0, 0.1) is 11.7 Å². The highest BCUT2D eigenvalue weighted by Gasteiger charge is 2.08. The molecule has 1 aromatic carbocycles. The lowest BCUT2D eigenvalue weighted by Gasteiger charge is -2.22. The molecule has 0 saturated carbocycles. The van der Waals surface area contributed by atoms with Crippen molar-refractivity contribution in [1.82, 2.24) is 10.2 Å². The van der Waals surface area contributed by atoms with Crippen LogP contribution in [0.4, 0.5) is 10.1 Å². The Kier molecular flexibility index (Phi) is 6.96. The van der Waals surface area contributed by atoms with E-state index in [2.05, 4.69) is 24.1 Å². The molecule has 0 aliphatic rings. The van der Waals surface area contributed by atoms with Crippen molar-refractivity contribution in [3.8, 4) is 0 Å². The van der Waals surface area contributed by atoms with Crippen molar-refractivity contribution < 1.29 is 4.39 Å². The molecular formula is C16H28FN3. The maximum Gasteiger partial charge on any atom is 0.146 e. The predicted octanol–water partition coefficient (Wildman–Crippen LogP) is 2.57. The molecule has 1 N–H and O–H groups in total. The van der Waals surface area contributed by atoms with E-state index in [1.165, 1.54) is 0 Å². The number of halogens is 1. The first-order valence-electron chi connectivity index (χ1n) is 7.25. The van der Waals surface area contributed by atoms with E-state index < -0.39 is 0 Å². The molecule has 0 aliphatic heterocycles. The SMILES string of the molecule is CC(C)CNCc1ccc(N(C)CCN(C)C)c(F)c1. The molecule has 3 nitrogen and oxygen atoms in total. The fourth-order valence-electron chi connectivity index (χ4n) is 1.95. The Morgan fingerprint density at radius 2 is 1.85 bits per heavy atom. The minimum atomic E-state index is -0.143. The zero-order valence-electron chi connectivity index (χ0n) is 13.4. The second-order valence-corrected chi connectivity index (χ2v) is 6.04.